The van der Waals surface area contributed by atoms with Crippen molar-refractivity contribution in [2.45, 2.75) is 19.8 Å². The van der Waals surface area contributed by atoms with Gasteiger partial charge in [0.1, 0.15) is 11.5 Å². The average molecular weight is 349 g/mol. The Kier molecular flexibility index (Phi) is 4.00. The molecule has 0 aromatic heterocycles. The third-order valence-electron chi connectivity index (χ3n) is 5.00. The van der Waals surface area contributed by atoms with Gasteiger partial charge in [-0.15, -0.1) is 0 Å². The molecular formula is C20H18FN4O+. The lowest BCUT2D eigenvalue weighted by molar-refractivity contribution is -0.315. The number of carbonyl (C=O) groups excluding carboxylic acids is 1. The molecule has 3 aliphatic rings. The third kappa shape index (κ3) is 2.76. The lowest BCUT2D eigenvalue weighted by atomic mass is 9.98. The van der Waals surface area contributed by atoms with Gasteiger partial charge in [-0.1, -0.05) is 0 Å². The highest BCUT2D eigenvalue weighted by Crippen LogP contribution is 2.24. The maximum Gasteiger partial charge on any atom is 0.332 e. The molecule has 0 atom stereocenters. The molecule has 0 spiro atoms. The quantitative estimate of drug-likeness (QED) is 0.771. The Balaban J connectivity index is 1.61. The van der Waals surface area contributed by atoms with Crippen LogP contribution in [0.1, 0.15) is 25.3 Å². The van der Waals surface area contributed by atoms with Gasteiger partial charge in [0, 0.05) is 30.1 Å². The maximum atomic E-state index is 13.2. The van der Waals surface area contributed by atoms with E-state index >= 15 is 0 Å². The summed E-state index contributed by atoms with van der Waals surface area (Å²) < 4.78 is 15.1. The van der Waals surface area contributed by atoms with Crippen LogP contribution in [0.25, 0.3) is 0 Å². The molecule has 130 valence electrons. The van der Waals surface area contributed by atoms with Crippen LogP contribution in [0.4, 0.5) is 4.39 Å². The van der Waals surface area contributed by atoms with Gasteiger partial charge in [0.05, 0.1) is 6.07 Å². The zero-order chi connectivity index (χ0) is 18.3. The molecule has 5 nitrogen and oxygen atoms in total. The Morgan fingerprint density at radius 3 is 2.65 bits per heavy atom. The highest BCUT2D eigenvalue weighted by atomic mass is 19.1. The number of rotatable bonds is 2. The number of hydrogen-bond acceptors (Lipinski definition) is 3. The molecule has 1 amide bonds. The number of nitriles is 1. The van der Waals surface area contributed by atoms with E-state index in [2.05, 4.69) is 11.1 Å². The van der Waals surface area contributed by atoms with Gasteiger partial charge in [0.2, 0.25) is 0 Å². The second-order valence-electron chi connectivity index (χ2n) is 6.73. The molecule has 0 saturated carbocycles. The van der Waals surface area contributed by atoms with Crippen molar-refractivity contribution in [3.8, 4) is 6.07 Å². The predicted octanol–water partition coefficient (Wildman–Crippen LogP) is 2.60. The molecule has 3 aliphatic heterocycles. The molecule has 26 heavy (non-hydrogen) atoms. The first-order valence-electron chi connectivity index (χ1n) is 8.67. The number of nitrogens with zero attached hydrogens (tertiary/aromatic N) is 4. The maximum absolute atomic E-state index is 13.2. The molecule has 3 heterocycles. The lowest BCUT2D eigenvalue weighted by Gasteiger charge is -2.27. The standard InChI is InChI=1S/C20H18FN4O/c1-13-10-18(15-2-4-16(21)5-3-15)25-12-17(23-19(13)25)20(26)24-8-6-14(11-22)7-9-24/h2-5,10,12,14H,6-9H2,1H3/q+1. The van der Waals surface area contributed by atoms with Crippen molar-refractivity contribution in [2.24, 2.45) is 10.9 Å². The van der Waals surface area contributed by atoms with Crippen LogP contribution in [0.2, 0.25) is 0 Å². The number of carbonyl (C=O) groups is 1. The highest BCUT2D eigenvalue weighted by molar-refractivity contribution is 6.18. The van der Waals surface area contributed by atoms with Crippen LogP contribution in [-0.4, -0.2) is 40.0 Å². The number of allylic oxidation sites excluding steroid dienone is 1. The minimum Gasteiger partial charge on any atom is -0.335 e. The summed E-state index contributed by atoms with van der Waals surface area (Å²) in [6.45, 7) is 3.12. The summed E-state index contributed by atoms with van der Waals surface area (Å²) in [7, 11) is 0. The monoisotopic (exact) mass is 349 g/mol. The molecule has 1 saturated heterocycles. The summed E-state index contributed by atoms with van der Waals surface area (Å²) in [5.41, 5.74) is 3.12. The predicted molar refractivity (Wildman–Crippen MR) is 95.0 cm³/mol. The van der Waals surface area contributed by atoms with E-state index in [9.17, 15) is 9.18 Å². The first kappa shape index (κ1) is 16.4. The molecule has 1 fully saturated rings. The Bertz CT molecular complexity index is 939. The first-order valence-corrected chi connectivity index (χ1v) is 8.67. The van der Waals surface area contributed by atoms with Crippen LogP contribution in [0.5, 0.6) is 0 Å². The second-order valence-corrected chi connectivity index (χ2v) is 6.73. The van der Waals surface area contributed by atoms with E-state index in [0.29, 0.717) is 31.6 Å². The number of amidine groups is 1. The van der Waals surface area contributed by atoms with Crippen LogP contribution in [0.3, 0.4) is 0 Å². The Labute approximate surface area is 151 Å². The number of piperidine rings is 1. The fraction of sp³-hybridized carbons (Fsp3) is 0.300. The smallest absolute Gasteiger partial charge is 0.332 e. The fourth-order valence-corrected chi connectivity index (χ4v) is 3.50. The van der Waals surface area contributed by atoms with Crippen LogP contribution < -0.4 is 0 Å². The molecular weight excluding hydrogens is 331 g/mol. The van der Waals surface area contributed by atoms with Crippen LogP contribution in [0, 0.1) is 23.1 Å². The van der Waals surface area contributed by atoms with Gasteiger partial charge in [-0.2, -0.15) is 9.84 Å². The van der Waals surface area contributed by atoms with Crippen molar-refractivity contribution in [2.75, 3.05) is 13.1 Å². The van der Waals surface area contributed by atoms with Gasteiger partial charge < -0.3 is 4.90 Å². The van der Waals surface area contributed by atoms with E-state index in [4.69, 9.17) is 5.26 Å². The summed E-state index contributed by atoms with van der Waals surface area (Å²) in [6, 6.07) is 8.56. The summed E-state index contributed by atoms with van der Waals surface area (Å²) in [6.07, 6.45) is 5.16. The molecule has 0 radical (unpaired) electrons. The van der Waals surface area contributed by atoms with E-state index in [0.717, 1.165) is 22.7 Å². The largest absolute Gasteiger partial charge is 0.335 e. The Hall–Kier alpha value is -3.07. The lowest BCUT2D eigenvalue weighted by Crippen LogP contribution is -2.38. The highest BCUT2D eigenvalue weighted by Gasteiger charge is 2.38. The Morgan fingerprint density at radius 1 is 1.31 bits per heavy atom. The van der Waals surface area contributed by atoms with Crippen molar-refractivity contribution in [3.63, 3.8) is 0 Å². The molecule has 0 bridgehead atoms. The molecule has 4 rings (SSSR count). The normalized spacial score (nSPS) is 19.7. The first-order chi connectivity index (χ1) is 12.6. The number of fused-ring (bicyclic) bond motifs is 1. The third-order valence-corrected chi connectivity index (χ3v) is 5.00. The van der Waals surface area contributed by atoms with E-state index in [1.807, 2.05) is 17.6 Å². The Morgan fingerprint density at radius 2 is 2.00 bits per heavy atom. The zero-order valence-electron chi connectivity index (χ0n) is 14.4. The van der Waals surface area contributed by atoms with Crippen molar-refractivity contribution >= 4 is 17.5 Å². The number of aliphatic imine (C=N–C) groups is 1. The SMILES string of the molecule is CC1=CC(c2ccc(F)cc2)=[N+]2C=C(C(=O)N3CCC(C#N)CC3)N=C12. The molecule has 1 aromatic rings. The van der Waals surface area contributed by atoms with Crippen molar-refractivity contribution < 1.29 is 13.8 Å². The minimum atomic E-state index is -0.282. The van der Waals surface area contributed by atoms with Crippen molar-refractivity contribution in [3.05, 3.63) is 59.2 Å². The van der Waals surface area contributed by atoms with E-state index in [1.54, 1.807) is 23.2 Å². The second kappa shape index (κ2) is 6.34. The molecule has 0 N–H and O–H groups in total. The number of amides is 1. The topological polar surface area (TPSA) is 59.5 Å². The van der Waals surface area contributed by atoms with Gasteiger partial charge >= 0.3 is 11.7 Å². The van der Waals surface area contributed by atoms with Gasteiger partial charge in [-0.05, 0) is 55.1 Å². The zero-order valence-corrected chi connectivity index (χ0v) is 14.4. The summed E-state index contributed by atoms with van der Waals surface area (Å²) in [5.74, 6) is 0.388. The summed E-state index contributed by atoms with van der Waals surface area (Å²) >= 11 is 0. The van der Waals surface area contributed by atoms with Crippen molar-refractivity contribution in [1.29, 1.82) is 5.26 Å². The molecule has 0 aliphatic carbocycles. The van der Waals surface area contributed by atoms with Gasteiger partial charge in [0.15, 0.2) is 6.20 Å². The summed E-state index contributed by atoms with van der Waals surface area (Å²) in [4.78, 5) is 19.1. The van der Waals surface area contributed by atoms with E-state index in [1.165, 1.54) is 12.1 Å². The molecule has 0 unspecified atom stereocenters. The van der Waals surface area contributed by atoms with Crippen molar-refractivity contribution in [1.82, 2.24) is 4.90 Å². The summed E-state index contributed by atoms with van der Waals surface area (Å²) in [5, 5.41) is 8.99. The van der Waals surface area contributed by atoms with E-state index < -0.39 is 0 Å². The number of hydrogen-bond donors (Lipinski definition) is 0. The number of likely N-dealkylation sites (tertiary alicyclic amines) is 1. The van der Waals surface area contributed by atoms with Gasteiger partial charge in [-0.3, -0.25) is 4.79 Å². The number of benzene rings is 1. The van der Waals surface area contributed by atoms with E-state index in [-0.39, 0.29) is 17.6 Å². The van der Waals surface area contributed by atoms with Gasteiger partial charge in [-0.25, -0.2) is 4.39 Å². The average Bonchev–Trinajstić information content (AvgIpc) is 3.23. The molecule has 1 aromatic carbocycles. The van der Waals surface area contributed by atoms with Crippen LogP contribution in [-0.2, 0) is 4.79 Å². The van der Waals surface area contributed by atoms with Gasteiger partial charge in [0.25, 0.3) is 5.70 Å². The number of halogens is 1. The molecule has 6 heteroatoms. The van der Waals surface area contributed by atoms with Crippen LogP contribution >= 0.6 is 0 Å². The fourth-order valence-electron chi connectivity index (χ4n) is 3.50. The van der Waals surface area contributed by atoms with Crippen LogP contribution in [0.15, 0.2) is 52.8 Å². The minimum absolute atomic E-state index is 0.0367.